The molecule has 0 aliphatic carbocycles. The van der Waals surface area contributed by atoms with Crippen LogP contribution in [-0.2, 0) is 6.18 Å². The summed E-state index contributed by atoms with van der Waals surface area (Å²) < 4.78 is 51.9. The third-order valence-corrected chi connectivity index (χ3v) is 5.12. The van der Waals surface area contributed by atoms with E-state index in [4.69, 9.17) is 0 Å². The van der Waals surface area contributed by atoms with Gasteiger partial charge in [-0.2, -0.15) is 13.2 Å². The van der Waals surface area contributed by atoms with E-state index >= 15 is 0 Å². The highest BCUT2D eigenvalue weighted by Crippen LogP contribution is 2.30. The van der Waals surface area contributed by atoms with E-state index in [0.29, 0.717) is 37.7 Å². The predicted molar refractivity (Wildman–Crippen MR) is 107 cm³/mol. The van der Waals surface area contributed by atoms with Crippen molar-refractivity contribution >= 4 is 11.7 Å². The maximum absolute atomic E-state index is 13.1. The summed E-state index contributed by atoms with van der Waals surface area (Å²) in [5.41, 5.74) is 0.575. The molecule has 9 heteroatoms. The van der Waals surface area contributed by atoms with Crippen molar-refractivity contribution < 1.29 is 22.4 Å². The first-order chi connectivity index (χ1) is 14.8. The van der Waals surface area contributed by atoms with Crippen LogP contribution in [0, 0.1) is 5.82 Å². The summed E-state index contributed by atoms with van der Waals surface area (Å²) in [5.74, 6) is -0.0967. The summed E-state index contributed by atoms with van der Waals surface area (Å²) in [5, 5.41) is 0. The maximum atomic E-state index is 13.1. The Morgan fingerprint density at radius 1 is 0.903 bits per heavy atom. The van der Waals surface area contributed by atoms with Crippen molar-refractivity contribution in [3.8, 4) is 11.3 Å². The van der Waals surface area contributed by atoms with Gasteiger partial charge in [-0.05, 0) is 42.5 Å². The number of alkyl halides is 3. The molecule has 0 N–H and O–H groups in total. The van der Waals surface area contributed by atoms with Crippen LogP contribution in [0.1, 0.15) is 15.9 Å². The van der Waals surface area contributed by atoms with E-state index in [1.807, 2.05) is 4.90 Å². The van der Waals surface area contributed by atoms with Crippen molar-refractivity contribution in [1.29, 1.82) is 0 Å². The quantitative estimate of drug-likeness (QED) is 0.583. The van der Waals surface area contributed by atoms with E-state index < -0.39 is 17.6 Å². The highest BCUT2D eigenvalue weighted by molar-refractivity contribution is 5.94. The standard InChI is InChI=1S/C22H18F4N4O/c23-18-6-4-15(5-7-18)19-13-20(28-14-27-19)29-8-10-30(11-9-29)21(31)16-2-1-3-17(12-16)22(24,25)26/h1-7,12-14H,8-11H2. The van der Waals surface area contributed by atoms with Gasteiger partial charge in [0.1, 0.15) is 18.0 Å². The van der Waals surface area contributed by atoms with E-state index in [-0.39, 0.29) is 11.4 Å². The molecule has 160 valence electrons. The number of piperazine rings is 1. The zero-order chi connectivity index (χ0) is 22.0. The molecule has 3 aromatic rings. The van der Waals surface area contributed by atoms with E-state index in [2.05, 4.69) is 9.97 Å². The zero-order valence-corrected chi connectivity index (χ0v) is 16.3. The number of rotatable bonds is 3. The Hall–Kier alpha value is -3.49. The topological polar surface area (TPSA) is 49.3 Å². The molecule has 5 nitrogen and oxygen atoms in total. The van der Waals surface area contributed by atoms with Gasteiger partial charge < -0.3 is 9.80 Å². The van der Waals surface area contributed by atoms with Crippen molar-refractivity contribution in [2.24, 2.45) is 0 Å². The van der Waals surface area contributed by atoms with Gasteiger partial charge in [0.15, 0.2) is 0 Å². The number of carbonyl (C=O) groups excluding carboxylic acids is 1. The Morgan fingerprint density at radius 2 is 1.61 bits per heavy atom. The fourth-order valence-corrected chi connectivity index (χ4v) is 3.45. The van der Waals surface area contributed by atoms with Crippen LogP contribution in [0.4, 0.5) is 23.4 Å². The van der Waals surface area contributed by atoms with E-state index in [0.717, 1.165) is 17.7 Å². The van der Waals surface area contributed by atoms with Gasteiger partial charge in [-0.25, -0.2) is 14.4 Å². The van der Waals surface area contributed by atoms with Gasteiger partial charge in [0.25, 0.3) is 5.91 Å². The molecule has 0 unspecified atom stereocenters. The maximum Gasteiger partial charge on any atom is 0.416 e. The van der Waals surface area contributed by atoms with Crippen molar-refractivity contribution in [3.05, 3.63) is 77.9 Å². The normalized spacial score (nSPS) is 14.6. The monoisotopic (exact) mass is 430 g/mol. The Balaban J connectivity index is 1.44. The number of anilines is 1. The molecule has 1 aromatic heterocycles. The number of aromatic nitrogens is 2. The van der Waals surface area contributed by atoms with E-state index in [9.17, 15) is 22.4 Å². The minimum Gasteiger partial charge on any atom is -0.353 e. The average Bonchev–Trinajstić information content (AvgIpc) is 2.79. The van der Waals surface area contributed by atoms with E-state index in [1.54, 1.807) is 18.2 Å². The summed E-state index contributed by atoms with van der Waals surface area (Å²) in [7, 11) is 0. The molecular formula is C22H18F4N4O. The van der Waals surface area contributed by atoms with Crippen molar-refractivity contribution in [1.82, 2.24) is 14.9 Å². The van der Waals surface area contributed by atoms with Gasteiger partial charge in [0.05, 0.1) is 11.3 Å². The fourth-order valence-electron chi connectivity index (χ4n) is 3.45. The number of amides is 1. The molecule has 31 heavy (non-hydrogen) atoms. The number of nitrogens with zero attached hydrogens (tertiary/aromatic N) is 4. The molecule has 1 saturated heterocycles. The highest BCUT2D eigenvalue weighted by atomic mass is 19.4. The number of carbonyl (C=O) groups is 1. The molecule has 1 fully saturated rings. The zero-order valence-electron chi connectivity index (χ0n) is 16.3. The van der Waals surface area contributed by atoms with E-state index in [1.165, 1.54) is 35.5 Å². The Labute approximate surface area is 176 Å². The lowest BCUT2D eigenvalue weighted by atomic mass is 10.1. The van der Waals surface area contributed by atoms with Crippen LogP contribution in [-0.4, -0.2) is 47.0 Å². The Kier molecular flexibility index (Phi) is 5.58. The molecule has 4 rings (SSSR count). The minimum absolute atomic E-state index is 0.0175. The summed E-state index contributed by atoms with van der Waals surface area (Å²) in [6.45, 7) is 1.66. The van der Waals surface area contributed by atoms with Gasteiger partial charge in [0.2, 0.25) is 0 Å². The van der Waals surface area contributed by atoms with Gasteiger partial charge in [-0.15, -0.1) is 0 Å². The molecule has 0 saturated carbocycles. The second-order valence-corrected chi connectivity index (χ2v) is 7.13. The Morgan fingerprint density at radius 3 is 2.29 bits per heavy atom. The number of hydrogen-bond acceptors (Lipinski definition) is 4. The number of benzene rings is 2. The first kappa shape index (κ1) is 20.8. The molecule has 1 aliphatic rings. The third-order valence-electron chi connectivity index (χ3n) is 5.12. The van der Waals surface area contributed by atoms with Gasteiger partial charge in [-0.3, -0.25) is 4.79 Å². The lowest BCUT2D eigenvalue weighted by molar-refractivity contribution is -0.137. The minimum atomic E-state index is -4.50. The summed E-state index contributed by atoms with van der Waals surface area (Å²) in [4.78, 5) is 24.7. The highest BCUT2D eigenvalue weighted by Gasteiger charge is 2.31. The van der Waals surface area contributed by atoms with Crippen LogP contribution in [0.25, 0.3) is 11.3 Å². The first-order valence-electron chi connectivity index (χ1n) is 9.61. The second-order valence-electron chi connectivity index (χ2n) is 7.13. The average molecular weight is 430 g/mol. The van der Waals surface area contributed by atoms with Crippen LogP contribution in [0.3, 0.4) is 0 Å². The smallest absolute Gasteiger partial charge is 0.353 e. The number of hydrogen-bond donors (Lipinski definition) is 0. The molecule has 2 aromatic carbocycles. The molecule has 0 atom stereocenters. The number of halogens is 4. The van der Waals surface area contributed by atoms with Crippen LogP contribution >= 0.6 is 0 Å². The molecule has 1 amide bonds. The third kappa shape index (κ3) is 4.65. The molecule has 0 radical (unpaired) electrons. The van der Waals surface area contributed by atoms with Gasteiger partial charge in [-0.1, -0.05) is 6.07 Å². The fraction of sp³-hybridized carbons (Fsp3) is 0.227. The van der Waals surface area contributed by atoms with Crippen LogP contribution in [0.15, 0.2) is 60.9 Å². The van der Waals surface area contributed by atoms with Crippen LogP contribution in [0.2, 0.25) is 0 Å². The van der Waals surface area contributed by atoms with Gasteiger partial charge >= 0.3 is 6.18 Å². The summed E-state index contributed by atoms with van der Waals surface area (Å²) in [6.07, 6.45) is -3.07. The molecule has 2 heterocycles. The molecule has 0 bridgehead atoms. The van der Waals surface area contributed by atoms with Crippen LogP contribution < -0.4 is 4.90 Å². The van der Waals surface area contributed by atoms with Gasteiger partial charge in [0, 0.05) is 43.4 Å². The van der Waals surface area contributed by atoms with Crippen molar-refractivity contribution in [2.45, 2.75) is 6.18 Å². The second kappa shape index (κ2) is 8.33. The predicted octanol–water partition coefficient (Wildman–Crippen LogP) is 4.26. The Bertz CT molecular complexity index is 1080. The summed E-state index contributed by atoms with van der Waals surface area (Å²) >= 11 is 0. The first-order valence-corrected chi connectivity index (χ1v) is 9.61. The molecule has 0 spiro atoms. The molecule has 1 aliphatic heterocycles. The SMILES string of the molecule is O=C(c1cccc(C(F)(F)F)c1)N1CCN(c2cc(-c3ccc(F)cc3)ncn2)CC1. The lowest BCUT2D eigenvalue weighted by Crippen LogP contribution is -2.49. The van der Waals surface area contributed by atoms with Crippen LogP contribution in [0.5, 0.6) is 0 Å². The van der Waals surface area contributed by atoms with Crippen molar-refractivity contribution in [3.63, 3.8) is 0 Å². The molecular weight excluding hydrogens is 412 g/mol. The largest absolute Gasteiger partial charge is 0.416 e. The lowest BCUT2D eigenvalue weighted by Gasteiger charge is -2.35. The summed E-state index contributed by atoms with van der Waals surface area (Å²) in [6, 6.07) is 12.2. The van der Waals surface area contributed by atoms with Crippen molar-refractivity contribution in [2.75, 3.05) is 31.1 Å².